The van der Waals surface area contributed by atoms with Crippen molar-refractivity contribution in [3.63, 3.8) is 0 Å². The fourth-order valence-corrected chi connectivity index (χ4v) is 5.30. The summed E-state index contributed by atoms with van der Waals surface area (Å²) in [5.41, 5.74) is -0.637. The highest BCUT2D eigenvalue weighted by Gasteiger charge is 2.37. The standard InChI is InChI=1S/C16H27O6PS/c1-13-8-10-14(11-9-13)24(18,19)20-12-23(17,21-15(2,3)4)22-16(5,6)7/h8-11H,12H2,1-7H3. The van der Waals surface area contributed by atoms with Crippen LogP contribution in [-0.4, -0.2) is 26.0 Å². The van der Waals surface area contributed by atoms with Crippen LogP contribution < -0.4 is 0 Å². The molecule has 0 spiro atoms. The van der Waals surface area contributed by atoms with Crippen molar-refractivity contribution in [2.45, 2.75) is 64.6 Å². The number of hydrogen-bond donors (Lipinski definition) is 0. The van der Waals surface area contributed by atoms with E-state index in [1.807, 2.05) is 6.92 Å². The van der Waals surface area contributed by atoms with E-state index in [2.05, 4.69) is 0 Å². The molecule has 0 aliphatic rings. The molecule has 24 heavy (non-hydrogen) atoms. The summed E-state index contributed by atoms with van der Waals surface area (Å²) >= 11 is 0. The van der Waals surface area contributed by atoms with Gasteiger partial charge in [0.05, 0.1) is 16.1 Å². The normalized spacial score (nSPS) is 14.0. The maximum Gasteiger partial charge on any atom is 0.358 e. The molecule has 138 valence electrons. The maximum absolute atomic E-state index is 12.9. The lowest BCUT2D eigenvalue weighted by Crippen LogP contribution is -2.26. The predicted octanol–water partition coefficient (Wildman–Crippen LogP) is 4.48. The Kier molecular flexibility index (Phi) is 6.45. The Morgan fingerprint density at radius 3 is 1.71 bits per heavy atom. The first-order chi connectivity index (χ1) is 10.6. The largest absolute Gasteiger partial charge is 0.358 e. The Bertz CT molecular complexity index is 676. The van der Waals surface area contributed by atoms with Crippen molar-refractivity contribution in [1.82, 2.24) is 0 Å². The molecule has 0 aliphatic carbocycles. The average molecular weight is 378 g/mol. The van der Waals surface area contributed by atoms with Gasteiger partial charge in [0.1, 0.15) is 0 Å². The summed E-state index contributed by atoms with van der Waals surface area (Å²) in [6, 6.07) is 6.19. The van der Waals surface area contributed by atoms with Gasteiger partial charge in [-0.3, -0.25) is 8.75 Å². The lowest BCUT2D eigenvalue weighted by Gasteiger charge is -2.31. The summed E-state index contributed by atoms with van der Waals surface area (Å²) in [6.45, 7) is 12.1. The molecule has 0 bridgehead atoms. The van der Waals surface area contributed by atoms with Crippen LogP contribution in [-0.2, 0) is 27.9 Å². The van der Waals surface area contributed by atoms with Gasteiger partial charge in [-0.2, -0.15) is 8.42 Å². The molecule has 0 amide bonds. The van der Waals surface area contributed by atoms with Crippen molar-refractivity contribution in [1.29, 1.82) is 0 Å². The van der Waals surface area contributed by atoms with Gasteiger partial charge in [0.15, 0.2) is 6.35 Å². The highest BCUT2D eigenvalue weighted by Crippen LogP contribution is 2.54. The van der Waals surface area contributed by atoms with E-state index in [1.54, 1.807) is 53.7 Å². The van der Waals surface area contributed by atoms with Crippen LogP contribution in [0.5, 0.6) is 0 Å². The van der Waals surface area contributed by atoms with Gasteiger partial charge in [-0.05, 0) is 60.6 Å². The summed E-state index contributed by atoms with van der Waals surface area (Å²) in [6.07, 6.45) is -0.683. The number of aryl methyl sites for hydroxylation is 1. The molecule has 0 N–H and O–H groups in total. The SMILES string of the molecule is Cc1ccc(S(=O)(=O)OCP(=O)(OC(C)(C)C)OC(C)(C)C)cc1. The third kappa shape index (κ3) is 7.45. The van der Waals surface area contributed by atoms with Gasteiger partial charge >= 0.3 is 7.60 Å². The molecule has 0 unspecified atom stereocenters. The molecule has 0 saturated heterocycles. The Hall–Kier alpha value is -0.720. The second kappa shape index (κ2) is 7.26. The number of rotatable bonds is 6. The van der Waals surface area contributed by atoms with Gasteiger partial charge in [0.2, 0.25) is 0 Å². The highest BCUT2D eigenvalue weighted by molar-refractivity contribution is 7.87. The zero-order valence-electron chi connectivity index (χ0n) is 15.3. The molecule has 1 aromatic carbocycles. The number of benzene rings is 1. The first-order valence-electron chi connectivity index (χ1n) is 7.59. The van der Waals surface area contributed by atoms with Crippen LogP contribution in [0.4, 0.5) is 0 Å². The Labute approximate surface area is 145 Å². The predicted molar refractivity (Wildman–Crippen MR) is 93.6 cm³/mol. The van der Waals surface area contributed by atoms with Gasteiger partial charge < -0.3 is 9.05 Å². The topological polar surface area (TPSA) is 78.9 Å². The fraction of sp³-hybridized carbons (Fsp3) is 0.625. The first kappa shape index (κ1) is 21.3. The molecule has 0 aliphatic heterocycles. The van der Waals surface area contributed by atoms with Crippen molar-refractivity contribution in [2.75, 3.05) is 6.35 Å². The van der Waals surface area contributed by atoms with E-state index >= 15 is 0 Å². The van der Waals surface area contributed by atoms with Crippen molar-refractivity contribution >= 4 is 17.7 Å². The minimum absolute atomic E-state index is 0.00818. The van der Waals surface area contributed by atoms with Crippen LogP contribution in [0.25, 0.3) is 0 Å². The van der Waals surface area contributed by atoms with Crippen LogP contribution in [0, 0.1) is 6.92 Å². The van der Waals surface area contributed by atoms with E-state index in [0.29, 0.717) is 0 Å². The zero-order valence-corrected chi connectivity index (χ0v) is 17.0. The van der Waals surface area contributed by atoms with Crippen molar-refractivity contribution in [3.8, 4) is 0 Å². The minimum atomic E-state index is -4.05. The van der Waals surface area contributed by atoms with E-state index in [-0.39, 0.29) is 4.90 Å². The zero-order chi connectivity index (χ0) is 18.8. The van der Waals surface area contributed by atoms with E-state index in [1.165, 1.54) is 12.1 Å². The van der Waals surface area contributed by atoms with Gasteiger partial charge in [0.25, 0.3) is 10.1 Å². The molecule has 0 atom stereocenters. The molecule has 0 heterocycles. The summed E-state index contributed by atoms with van der Waals surface area (Å²) in [4.78, 5) is -0.00818. The van der Waals surface area contributed by atoms with E-state index in [9.17, 15) is 13.0 Å². The smallest absolute Gasteiger partial charge is 0.301 e. The Morgan fingerprint density at radius 2 is 1.33 bits per heavy atom. The van der Waals surface area contributed by atoms with Gasteiger partial charge in [0, 0.05) is 0 Å². The molecule has 1 rings (SSSR count). The molecule has 1 aromatic rings. The summed E-state index contributed by atoms with van der Waals surface area (Å²) in [5, 5.41) is 0. The second-order valence-electron chi connectivity index (χ2n) is 7.53. The van der Waals surface area contributed by atoms with E-state index < -0.39 is 35.3 Å². The Morgan fingerprint density at radius 1 is 0.917 bits per heavy atom. The van der Waals surface area contributed by atoms with Gasteiger partial charge in [-0.15, -0.1) is 0 Å². The summed E-state index contributed by atoms with van der Waals surface area (Å²) < 4.78 is 53.4. The fourth-order valence-electron chi connectivity index (χ4n) is 1.81. The van der Waals surface area contributed by atoms with Crippen LogP contribution in [0.15, 0.2) is 29.2 Å². The lowest BCUT2D eigenvalue weighted by atomic mass is 10.2. The molecular weight excluding hydrogens is 351 g/mol. The van der Waals surface area contributed by atoms with Gasteiger partial charge in [-0.25, -0.2) is 0 Å². The van der Waals surface area contributed by atoms with E-state index in [0.717, 1.165) is 5.56 Å². The monoisotopic (exact) mass is 378 g/mol. The first-order valence-corrected chi connectivity index (χ1v) is 10.7. The molecule has 0 aromatic heterocycles. The van der Waals surface area contributed by atoms with Crippen molar-refractivity contribution in [3.05, 3.63) is 29.8 Å². The number of hydrogen-bond acceptors (Lipinski definition) is 6. The van der Waals surface area contributed by atoms with Crippen molar-refractivity contribution < 1.29 is 26.2 Å². The Balaban J connectivity index is 2.99. The third-order valence-electron chi connectivity index (χ3n) is 2.50. The van der Waals surface area contributed by atoms with Crippen LogP contribution in [0.2, 0.25) is 0 Å². The maximum atomic E-state index is 12.9. The molecular formula is C16H27O6PS. The van der Waals surface area contributed by atoms with E-state index in [4.69, 9.17) is 13.2 Å². The average Bonchev–Trinajstić information content (AvgIpc) is 2.32. The molecule has 0 saturated carbocycles. The van der Waals surface area contributed by atoms with Crippen LogP contribution in [0.1, 0.15) is 47.1 Å². The molecule has 8 heteroatoms. The lowest BCUT2D eigenvalue weighted by molar-refractivity contribution is 0.0422. The summed E-state index contributed by atoms with van der Waals surface area (Å²) in [5.74, 6) is 0. The van der Waals surface area contributed by atoms with Crippen LogP contribution >= 0.6 is 7.60 Å². The second-order valence-corrected chi connectivity index (χ2v) is 11.0. The van der Waals surface area contributed by atoms with Crippen LogP contribution in [0.3, 0.4) is 0 Å². The quantitative estimate of drug-likeness (QED) is 0.536. The molecule has 6 nitrogen and oxygen atoms in total. The van der Waals surface area contributed by atoms with Crippen molar-refractivity contribution in [2.24, 2.45) is 0 Å². The molecule has 0 fully saturated rings. The molecule has 0 radical (unpaired) electrons. The summed E-state index contributed by atoms with van der Waals surface area (Å²) in [7, 11) is -7.84. The minimum Gasteiger partial charge on any atom is -0.301 e. The van der Waals surface area contributed by atoms with Gasteiger partial charge in [-0.1, -0.05) is 17.7 Å². The third-order valence-corrected chi connectivity index (χ3v) is 6.05. The highest BCUT2D eigenvalue weighted by atomic mass is 32.2.